The molecule has 0 atom stereocenters. The molecule has 2 rings (SSSR count). The second-order valence-electron chi connectivity index (χ2n) is 4.96. The van der Waals surface area contributed by atoms with Gasteiger partial charge in [0.15, 0.2) is 0 Å². The van der Waals surface area contributed by atoms with Crippen LogP contribution in [0, 0.1) is 17.0 Å². The number of carbonyl (C=O) groups excluding carboxylic acids is 2. The number of nitrogens with zero attached hydrogens (tertiary/aromatic N) is 2. The molecular formula is C16H13ClN4O4. The molecule has 2 N–H and O–H groups in total. The molecule has 0 spiro atoms. The average molecular weight is 361 g/mol. The lowest BCUT2D eigenvalue weighted by atomic mass is 10.2. The normalized spacial score (nSPS) is 10.5. The molecule has 9 heteroatoms. The lowest BCUT2D eigenvalue weighted by molar-refractivity contribution is -0.384. The highest BCUT2D eigenvalue weighted by atomic mass is 35.5. The van der Waals surface area contributed by atoms with E-state index in [0.29, 0.717) is 21.8 Å². The van der Waals surface area contributed by atoms with Gasteiger partial charge in [-0.15, -0.1) is 0 Å². The Morgan fingerprint density at radius 1 is 1.16 bits per heavy atom. The number of carbonyl (C=O) groups is 2. The number of nitro groups is 1. The number of halogens is 1. The van der Waals surface area contributed by atoms with Gasteiger partial charge in [-0.05, 0) is 48.4 Å². The molecule has 8 nitrogen and oxygen atoms in total. The summed E-state index contributed by atoms with van der Waals surface area (Å²) in [5, 5.41) is 17.2. The van der Waals surface area contributed by atoms with E-state index in [9.17, 15) is 19.7 Å². The highest BCUT2D eigenvalue weighted by Crippen LogP contribution is 2.19. The van der Waals surface area contributed by atoms with Gasteiger partial charge in [-0.3, -0.25) is 19.7 Å². The van der Waals surface area contributed by atoms with Crippen molar-refractivity contribution < 1.29 is 14.5 Å². The average Bonchev–Trinajstić information content (AvgIpc) is 2.57. The Balaban J connectivity index is 1.92. The minimum atomic E-state index is -0.951. The molecule has 0 saturated carbocycles. The van der Waals surface area contributed by atoms with Crippen LogP contribution in [0.1, 0.15) is 11.1 Å². The van der Waals surface area contributed by atoms with Crippen LogP contribution in [-0.4, -0.2) is 23.0 Å². The lowest BCUT2D eigenvalue weighted by Gasteiger charge is -2.07. The van der Waals surface area contributed by atoms with Gasteiger partial charge in [0, 0.05) is 22.8 Å². The monoisotopic (exact) mass is 360 g/mol. The first-order valence-electron chi connectivity index (χ1n) is 7.02. The predicted octanol–water partition coefficient (Wildman–Crippen LogP) is 2.65. The van der Waals surface area contributed by atoms with Crippen LogP contribution in [-0.2, 0) is 9.59 Å². The van der Waals surface area contributed by atoms with Crippen LogP contribution < -0.4 is 10.7 Å². The van der Waals surface area contributed by atoms with Gasteiger partial charge in [0.1, 0.15) is 0 Å². The van der Waals surface area contributed by atoms with E-state index in [1.807, 2.05) is 0 Å². The quantitative estimate of drug-likeness (QED) is 0.377. The lowest BCUT2D eigenvalue weighted by Crippen LogP contribution is -2.32. The highest BCUT2D eigenvalue weighted by molar-refractivity contribution is 6.39. The van der Waals surface area contributed by atoms with E-state index >= 15 is 0 Å². The van der Waals surface area contributed by atoms with Crippen molar-refractivity contribution in [3.05, 3.63) is 68.7 Å². The maximum Gasteiger partial charge on any atom is 0.329 e. The van der Waals surface area contributed by atoms with Crippen molar-refractivity contribution in [2.24, 2.45) is 5.10 Å². The molecule has 2 aromatic carbocycles. The van der Waals surface area contributed by atoms with E-state index in [0.717, 1.165) is 0 Å². The summed E-state index contributed by atoms with van der Waals surface area (Å²) in [6.07, 6.45) is 1.27. The molecule has 0 heterocycles. The molecule has 0 radical (unpaired) electrons. The zero-order chi connectivity index (χ0) is 18.4. The van der Waals surface area contributed by atoms with Crippen molar-refractivity contribution in [2.75, 3.05) is 5.32 Å². The summed E-state index contributed by atoms with van der Waals surface area (Å²) in [4.78, 5) is 33.5. The Labute approximate surface area is 147 Å². The number of non-ortho nitro benzene ring substituents is 1. The van der Waals surface area contributed by atoms with Crippen molar-refractivity contribution in [1.82, 2.24) is 5.43 Å². The maximum absolute atomic E-state index is 11.8. The third kappa shape index (κ3) is 5.11. The van der Waals surface area contributed by atoms with E-state index in [1.54, 1.807) is 25.1 Å². The second kappa shape index (κ2) is 8.02. The number of aryl methyl sites for hydroxylation is 1. The van der Waals surface area contributed by atoms with Gasteiger partial charge in [0.05, 0.1) is 11.1 Å². The summed E-state index contributed by atoms with van der Waals surface area (Å²) in [6.45, 7) is 1.74. The molecule has 0 aliphatic rings. The highest BCUT2D eigenvalue weighted by Gasteiger charge is 2.14. The van der Waals surface area contributed by atoms with Gasteiger partial charge < -0.3 is 5.32 Å². The first-order valence-corrected chi connectivity index (χ1v) is 7.39. The SMILES string of the molecule is Cc1cc(Cl)ccc1NC(=O)C(=O)N/N=C/c1ccc([N+](=O)[O-])cc1. The number of rotatable bonds is 4. The number of hydrogen-bond acceptors (Lipinski definition) is 5. The number of nitrogens with one attached hydrogen (secondary N) is 2. The minimum absolute atomic E-state index is 0.0566. The number of nitro benzene ring substituents is 1. The van der Waals surface area contributed by atoms with Crippen molar-refractivity contribution in [1.29, 1.82) is 0 Å². The Morgan fingerprint density at radius 2 is 1.84 bits per heavy atom. The maximum atomic E-state index is 11.8. The van der Waals surface area contributed by atoms with Crippen LogP contribution in [0.15, 0.2) is 47.6 Å². The Bertz CT molecular complexity index is 850. The van der Waals surface area contributed by atoms with Crippen LogP contribution in [0.5, 0.6) is 0 Å². The van der Waals surface area contributed by atoms with E-state index in [-0.39, 0.29) is 5.69 Å². The van der Waals surface area contributed by atoms with Crippen molar-refractivity contribution in [2.45, 2.75) is 6.92 Å². The summed E-state index contributed by atoms with van der Waals surface area (Å²) in [7, 11) is 0. The molecule has 0 fully saturated rings. The summed E-state index contributed by atoms with van der Waals surface area (Å²) >= 11 is 5.82. The fourth-order valence-electron chi connectivity index (χ4n) is 1.84. The third-order valence-electron chi connectivity index (χ3n) is 3.13. The topological polar surface area (TPSA) is 114 Å². The zero-order valence-corrected chi connectivity index (χ0v) is 13.8. The van der Waals surface area contributed by atoms with Crippen molar-refractivity contribution >= 4 is 41.0 Å². The summed E-state index contributed by atoms with van der Waals surface area (Å²) < 4.78 is 0. The Hall–Kier alpha value is -3.26. The molecule has 0 saturated heterocycles. The van der Waals surface area contributed by atoms with Crippen LogP contribution in [0.4, 0.5) is 11.4 Å². The number of anilines is 1. The first-order chi connectivity index (χ1) is 11.9. The molecule has 25 heavy (non-hydrogen) atoms. The van der Waals surface area contributed by atoms with Gasteiger partial charge in [0.25, 0.3) is 5.69 Å². The minimum Gasteiger partial charge on any atom is -0.317 e. The Kier molecular flexibility index (Phi) is 5.80. The summed E-state index contributed by atoms with van der Waals surface area (Å²) in [5.41, 5.74) is 3.72. The molecule has 0 bridgehead atoms. The van der Waals surface area contributed by atoms with Gasteiger partial charge in [-0.1, -0.05) is 11.6 Å². The van der Waals surface area contributed by atoms with E-state index in [1.165, 1.54) is 30.5 Å². The fourth-order valence-corrected chi connectivity index (χ4v) is 2.07. The molecule has 0 aliphatic carbocycles. The van der Waals surface area contributed by atoms with Gasteiger partial charge in [-0.2, -0.15) is 5.10 Å². The molecular weight excluding hydrogens is 348 g/mol. The number of benzene rings is 2. The van der Waals surface area contributed by atoms with Crippen molar-refractivity contribution in [3.8, 4) is 0 Å². The third-order valence-corrected chi connectivity index (χ3v) is 3.36. The van der Waals surface area contributed by atoms with Crippen LogP contribution >= 0.6 is 11.6 Å². The molecule has 0 aliphatic heterocycles. The molecule has 0 unspecified atom stereocenters. The summed E-state index contributed by atoms with van der Waals surface area (Å²) in [5.74, 6) is -1.83. The smallest absolute Gasteiger partial charge is 0.317 e. The van der Waals surface area contributed by atoms with Gasteiger partial charge in [-0.25, -0.2) is 5.43 Å². The first kappa shape index (κ1) is 18.1. The van der Waals surface area contributed by atoms with E-state index < -0.39 is 16.7 Å². The number of hydrogen-bond donors (Lipinski definition) is 2. The van der Waals surface area contributed by atoms with Crippen LogP contribution in [0.25, 0.3) is 0 Å². The number of hydrazone groups is 1. The predicted molar refractivity (Wildman–Crippen MR) is 93.7 cm³/mol. The molecule has 0 aromatic heterocycles. The van der Waals surface area contributed by atoms with Gasteiger partial charge in [0.2, 0.25) is 0 Å². The second-order valence-corrected chi connectivity index (χ2v) is 5.40. The molecule has 2 amide bonds. The standard InChI is InChI=1S/C16H13ClN4O4/c1-10-8-12(17)4-7-14(10)19-15(22)16(23)20-18-9-11-2-5-13(6-3-11)21(24)25/h2-9H,1H3,(H,19,22)(H,20,23)/b18-9+. The fraction of sp³-hybridized carbons (Fsp3) is 0.0625. The molecule has 2 aromatic rings. The van der Waals surface area contributed by atoms with Crippen LogP contribution in [0.2, 0.25) is 5.02 Å². The Morgan fingerprint density at radius 3 is 2.44 bits per heavy atom. The van der Waals surface area contributed by atoms with Crippen LogP contribution in [0.3, 0.4) is 0 Å². The largest absolute Gasteiger partial charge is 0.329 e. The zero-order valence-electron chi connectivity index (χ0n) is 13.0. The number of amides is 2. The van der Waals surface area contributed by atoms with Crippen molar-refractivity contribution in [3.63, 3.8) is 0 Å². The van der Waals surface area contributed by atoms with E-state index in [2.05, 4.69) is 15.8 Å². The molecule has 128 valence electrons. The van der Waals surface area contributed by atoms with E-state index in [4.69, 9.17) is 11.6 Å². The van der Waals surface area contributed by atoms with Gasteiger partial charge >= 0.3 is 11.8 Å². The summed E-state index contributed by atoms with van der Waals surface area (Å²) in [6, 6.07) is 10.4.